The van der Waals surface area contributed by atoms with E-state index in [1.54, 1.807) is 22.7 Å². The SMILES string of the molecule is O=C(O)C[C@H]1CC[C@H](c2ccc(-c3ccc4nc(C(=O)Nc5ccccc5F)cn4c3)cc2)CC1. The number of pyridine rings is 1. The smallest absolute Gasteiger partial charge is 0.303 e. The van der Waals surface area contributed by atoms with Gasteiger partial charge in [0.05, 0.1) is 5.69 Å². The minimum atomic E-state index is -0.703. The second-order valence-corrected chi connectivity index (χ2v) is 9.18. The van der Waals surface area contributed by atoms with E-state index in [2.05, 4.69) is 34.6 Å². The van der Waals surface area contributed by atoms with E-state index in [0.717, 1.165) is 36.8 Å². The molecule has 2 aromatic heterocycles. The van der Waals surface area contributed by atoms with Gasteiger partial charge in [-0.1, -0.05) is 36.4 Å². The fraction of sp³-hybridized carbons (Fsp3) is 0.250. The van der Waals surface area contributed by atoms with Crippen LogP contribution in [0.25, 0.3) is 16.8 Å². The summed E-state index contributed by atoms with van der Waals surface area (Å²) in [4.78, 5) is 27.9. The Morgan fingerprint density at radius 1 is 0.943 bits per heavy atom. The number of para-hydroxylation sites is 1. The van der Waals surface area contributed by atoms with Crippen molar-refractivity contribution in [3.05, 3.63) is 90.1 Å². The first-order valence-corrected chi connectivity index (χ1v) is 11.8. The van der Waals surface area contributed by atoms with Crippen LogP contribution >= 0.6 is 0 Å². The molecule has 1 saturated carbocycles. The lowest BCUT2D eigenvalue weighted by molar-refractivity contribution is -0.138. The molecule has 1 aliphatic rings. The van der Waals surface area contributed by atoms with Gasteiger partial charge in [-0.25, -0.2) is 9.37 Å². The number of nitrogens with one attached hydrogen (secondary N) is 1. The van der Waals surface area contributed by atoms with Gasteiger partial charge >= 0.3 is 5.97 Å². The molecule has 0 aliphatic heterocycles. The summed E-state index contributed by atoms with van der Waals surface area (Å²) < 4.78 is 15.7. The highest BCUT2D eigenvalue weighted by molar-refractivity contribution is 6.03. The number of amides is 1. The number of carboxylic acids is 1. The van der Waals surface area contributed by atoms with Crippen molar-refractivity contribution in [2.75, 3.05) is 5.32 Å². The average Bonchev–Trinajstić information content (AvgIpc) is 3.29. The first kappa shape index (κ1) is 22.8. The minimum absolute atomic E-state index is 0.116. The van der Waals surface area contributed by atoms with Crippen molar-refractivity contribution >= 4 is 23.2 Å². The zero-order valence-electron chi connectivity index (χ0n) is 19.2. The Balaban J connectivity index is 1.28. The lowest BCUT2D eigenvalue weighted by atomic mass is 9.77. The molecule has 0 unspecified atom stereocenters. The molecule has 5 rings (SSSR count). The number of carboxylic acid groups (broad SMARTS) is 1. The second kappa shape index (κ2) is 9.70. The van der Waals surface area contributed by atoms with Gasteiger partial charge in [-0.2, -0.15) is 0 Å². The summed E-state index contributed by atoms with van der Waals surface area (Å²) in [6.45, 7) is 0. The van der Waals surface area contributed by atoms with E-state index >= 15 is 0 Å². The maximum Gasteiger partial charge on any atom is 0.303 e. The van der Waals surface area contributed by atoms with Crippen LogP contribution in [0.5, 0.6) is 0 Å². The van der Waals surface area contributed by atoms with Crippen LogP contribution in [0.2, 0.25) is 0 Å². The lowest BCUT2D eigenvalue weighted by Gasteiger charge is -2.28. The molecule has 35 heavy (non-hydrogen) atoms. The van der Waals surface area contributed by atoms with Crippen molar-refractivity contribution in [2.45, 2.75) is 38.0 Å². The van der Waals surface area contributed by atoms with Crippen LogP contribution in [0.3, 0.4) is 0 Å². The number of benzene rings is 2. The molecule has 178 valence electrons. The van der Waals surface area contributed by atoms with Gasteiger partial charge in [0.25, 0.3) is 5.91 Å². The Hall–Kier alpha value is -4.00. The topological polar surface area (TPSA) is 83.7 Å². The Kier molecular flexibility index (Phi) is 6.31. The van der Waals surface area contributed by atoms with E-state index < -0.39 is 17.7 Å². The molecule has 0 saturated heterocycles. The van der Waals surface area contributed by atoms with Crippen LogP contribution in [0.15, 0.2) is 73.1 Å². The molecule has 0 spiro atoms. The maximum absolute atomic E-state index is 13.9. The number of hydrogen-bond acceptors (Lipinski definition) is 3. The second-order valence-electron chi connectivity index (χ2n) is 9.18. The maximum atomic E-state index is 13.9. The molecule has 2 N–H and O–H groups in total. The third-order valence-electron chi connectivity index (χ3n) is 6.83. The fourth-order valence-corrected chi connectivity index (χ4v) is 4.92. The van der Waals surface area contributed by atoms with Crippen molar-refractivity contribution in [3.63, 3.8) is 0 Å². The molecule has 0 atom stereocenters. The number of carbonyl (C=O) groups excluding carboxylic acids is 1. The molecular formula is C28H26FN3O3. The van der Waals surface area contributed by atoms with Crippen molar-refractivity contribution < 1.29 is 19.1 Å². The van der Waals surface area contributed by atoms with E-state index in [-0.39, 0.29) is 17.8 Å². The number of nitrogens with zero attached hydrogens (tertiary/aromatic N) is 2. The zero-order valence-corrected chi connectivity index (χ0v) is 19.2. The molecule has 0 bridgehead atoms. The molecule has 4 aromatic rings. The van der Waals surface area contributed by atoms with Crippen molar-refractivity contribution in [3.8, 4) is 11.1 Å². The molecular weight excluding hydrogens is 445 g/mol. The van der Waals surface area contributed by atoms with E-state index in [1.807, 2.05) is 18.3 Å². The van der Waals surface area contributed by atoms with E-state index in [1.165, 1.54) is 17.7 Å². The van der Waals surface area contributed by atoms with Gasteiger partial charge < -0.3 is 14.8 Å². The van der Waals surface area contributed by atoms with Gasteiger partial charge in [0, 0.05) is 18.8 Å². The monoisotopic (exact) mass is 471 g/mol. The number of anilines is 1. The first-order chi connectivity index (χ1) is 17.0. The Morgan fingerprint density at radius 2 is 1.66 bits per heavy atom. The summed E-state index contributed by atoms with van der Waals surface area (Å²) in [6.07, 6.45) is 7.81. The zero-order chi connectivity index (χ0) is 24.4. The van der Waals surface area contributed by atoms with Crippen LogP contribution < -0.4 is 5.32 Å². The number of fused-ring (bicyclic) bond motifs is 1. The van der Waals surface area contributed by atoms with Gasteiger partial charge in [0.2, 0.25) is 0 Å². The Labute approximate surface area is 202 Å². The van der Waals surface area contributed by atoms with Gasteiger partial charge in [0.15, 0.2) is 0 Å². The number of hydrogen-bond donors (Lipinski definition) is 2. The van der Waals surface area contributed by atoms with Gasteiger partial charge in [0.1, 0.15) is 17.2 Å². The van der Waals surface area contributed by atoms with E-state index in [4.69, 9.17) is 5.11 Å². The van der Waals surface area contributed by atoms with Gasteiger partial charge in [-0.05, 0) is 78.5 Å². The molecule has 1 fully saturated rings. The highest BCUT2D eigenvalue weighted by atomic mass is 19.1. The number of carbonyl (C=O) groups is 2. The predicted octanol–water partition coefficient (Wildman–Crippen LogP) is 6.14. The third kappa shape index (κ3) is 5.09. The fourth-order valence-electron chi connectivity index (χ4n) is 4.92. The van der Waals surface area contributed by atoms with Gasteiger partial charge in [-0.15, -0.1) is 0 Å². The largest absolute Gasteiger partial charge is 0.481 e. The normalized spacial score (nSPS) is 17.9. The van der Waals surface area contributed by atoms with E-state index in [0.29, 0.717) is 17.5 Å². The summed E-state index contributed by atoms with van der Waals surface area (Å²) in [6, 6.07) is 18.4. The molecule has 1 aliphatic carbocycles. The number of aliphatic carboxylic acids is 1. The Morgan fingerprint density at radius 3 is 2.37 bits per heavy atom. The number of aromatic nitrogens is 2. The molecule has 2 aromatic carbocycles. The predicted molar refractivity (Wildman–Crippen MR) is 132 cm³/mol. The van der Waals surface area contributed by atoms with Crippen LogP contribution in [-0.2, 0) is 4.79 Å². The summed E-state index contributed by atoms with van der Waals surface area (Å²) >= 11 is 0. The quantitative estimate of drug-likeness (QED) is 0.354. The summed E-state index contributed by atoms with van der Waals surface area (Å²) in [5, 5.41) is 11.6. The molecule has 0 radical (unpaired) electrons. The van der Waals surface area contributed by atoms with Crippen LogP contribution in [0, 0.1) is 11.7 Å². The van der Waals surface area contributed by atoms with Crippen molar-refractivity contribution in [2.24, 2.45) is 5.92 Å². The Bertz CT molecular complexity index is 1370. The molecule has 7 heteroatoms. The number of rotatable bonds is 6. The average molecular weight is 472 g/mol. The number of imidazole rings is 1. The minimum Gasteiger partial charge on any atom is -0.481 e. The van der Waals surface area contributed by atoms with Crippen molar-refractivity contribution in [1.82, 2.24) is 9.38 Å². The van der Waals surface area contributed by atoms with Crippen LogP contribution in [0.1, 0.15) is 54.1 Å². The molecule has 2 heterocycles. The highest BCUT2D eigenvalue weighted by Crippen LogP contribution is 2.37. The molecule has 1 amide bonds. The summed E-state index contributed by atoms with van der Waals surface area (Å²) in [5.41, 5.74) is 4.29. The van der Waals surface area contributed by atoms with E-state index in [9.17, 15) is 14.0 Å². The van der Waals surface area contributed by atoms with Crippen LogP contribution in [-0.4, -0.2) is 26.4 Å². The summed E-state index contributed by atoms with van der Waals surface area (Å²) in [7, 11) is 0. The summed E-state index contributed by atoms with van der Waals surface area (Å²) in [5.74, 6) is -0.902. The molecule has 6 nitrogen and oxygen atoms in total. The first-order valence-electron chi connectivity index (χ1n) is 11.8. The third-order valence-corrected chi connectivity index (χ3v) is 6.83. The lowest BCUT2D eigenvalue weighted by Crippen LogP contribution is -2.16. The standard InChI is InChI=1S/C28H26FN3O3/c29-23-3-1-2-4-24(23)31-28(35)25-17-32-16-22(13-14-26(32)30-25)21-11-9-20(10-12-21)19-7-5-18(6-8-19)15-27(33)34/h1-4,9-14,16-19H,5-8,15H2,(H,31,35)(H,33,34)/t18-,19-. The van der Waals surface area contributed by atoms with Crippen LogP contribution in [0.4, 0.5) is 10.1 Å². The van der Waals surface area contributed by atoms with Gasteiger partial charge in [-0.3, -0.25) is 9.59 Å². The van der Waals surface area contributed by atoms with Crippen molar-refractivity contribution in [1.29, 1.82) is 0 Å². The highest BCUT2D eigenvalue weighted by Gasteiger charge is 2.24. The number of halogens is 1.